The normalized spacial score (nSPS) is 32.0. The van der Waals surface area contributed by atoms with Crippen molar-refractivity contribution in [2.75, 3.05) is 6.61 Å². The van der Waals surface area contributed by atoms with Gasteiger partial charge in [-0.1, -0.05) is 0 Å². The Morgan fingerprint density at radius 3 is 2.36 bits per heavy atom. The summed E-state index contributed by atoms with van der Waals surface area (Å²) in [6, 6.07) is 0. The van der Waals surface area contributed by atoms with Crippen molar-refractivity contribution in [2.24, 2.45) is 0 Å². The van der Waals surface area contributed by atoms with E-state index in [1.807, 2.05) is 0 Å². The van der Waals surface area contributed by atoms with Gasteiger partial charge in [0.15, 0.2) is 23.6 Å². The van der Waals surface area contributed by atoms with E-state index in [1.165, 1.54) is 0 Å². The van der Waals surface area contributed by atoms with Crippen LogP contribution in [0.5, 0.6) is 0 Å². The van der Waals surface area contributed by atoms with Crippen LogP contribution in [0, 0.1) is 6.92 Å². The van der Waals surface area contributed by atoms with E-state index in [2.05, 4.69) is 28.1 Å². The fourth-order valence-corrected chi connectivity index (χ4v) is 6.01. The van der Waals surface area contributed by atoms with E-state index in [0.29, 0.717) is 5.69 Å². The van der Waals surface area contributed by atoms with Gasteiger partial charge in [-0.2, -0.15) is 8.62 Å². The first-order valence-corrected chi connectivity index (χ1v) is 13.1. The summed E-state index contributed by atoms with van der Waals surface area (Å²) < 4.78 is 81.4. The van der Waals surface area contributed by atoms with Gasteiger partial charge in [0.05, 0.1) is 12.0 Å². The topological polar surface area (TPSA) is 233 Å². The van der Waals surface area contributed by atoms with E-state index in [9.17, 15) is 23.7 Å². The van der Waals surface area contributed by atoms with Gasteiger partial charge < -0.3 is 29.4 Å². The Balaban J connectivity index is 1.81. The number of imidazole rings is 1. The van der Waals surface area contributed by atoms with Crippen LogP contribution < -0.4 is 0 Å². The number of fused-ring (bicyclic) bond motifs is 1. The third-order valence-electron chi connectivity index (χ3n) is 4.37. The SMILES string of the molecule is Cc1ncnc2c1ncn2[C@@H]1O[C@](F)(COP(=O)(O)OP(=O)(O)OP(=O)(O)O)[C@@H](O)[C@@]1(C)F. The number of aliphatic hydroxyl groups excluding tert-OH is 1. The van der Waals surface area contributed by atoms with Gasteiger partial charge in [0.2, 0.25) is 0 Å². The Bertz CT molecular complexity index is 1210. The van der Waals surface area contributed by atoms with Crippen LogP contribution in [-0.2, 0) is 31.6 Å². The molecule has 3 heterocycles. The minimum atomic E-state index is -5.87. The van der Waals surface area contributed by atoms with E-state index in [1.54, 1.807) is 6.92 Å². The lowest BCUT2D eigenvalue weighted by Crippen LogP contribution is -2.46. The monoisotopic (exact) mass is 540 g/mol. The minimum Gasteiger partial charge on any atom is -0.384 e. The van der Waals surface area contributed by atoms with Gasteiger partial charge in [0.1, 0.15) is 18.5 Å². The Morgan fingerprint density at radius 1 is 1.12 bits per heavy atom. The first-order chi connectivity index (χ1) is 14.9. The largest absolute Gasteiger partial charge is 0.490 e. The summed E-state index contributed by atoms with van der Waals surface area (Å²) in [7, 11) is -17.3. The molecule has 5 N–H and O–H groups in total. The predicted molar refractivity (Wildman–Crippen MR) is 99.4 cm³/mol. The van der Waals surface area contributed by atoms with Gasteiger partial charge >= 0.3 is 23.5 Å². The molecule has 1 fully saturated rings. The molecule has 0 bridgehead atoms. The number of halogens is 2. The average Bonchev–Trinajstić information content (AvgIpc) is 3.12. The molecule has 33 heavy (non-hydrogen) atoms. The number of aromatic nitrogens is 4. The molecule has 2 aromatic rings. The van der Waals surface area contributed by atoms with E-state index >= 15 is 8.78 Å². The number of aliphatic hydroxyl groups is 1. The van der Waals surface area contributed by atoms with Crippen LogP contribution in [0.3, 0.4) is 0 Å². The average molecular weight is 540 g/mol. The maximum atomic E-state index is 15.3. The van der Waals surface area contributed by atoms with E-state index in [-0.39, 0.29) is 11.2 Å². The van der Waals surface area contributed by atoms with Crippen molar-refractivity contribution in [1.29, 1.82) is 0 Å². The van der Waals surface area contributed by atoms with Gasteiger partial charge in [-0.15, -0.1) is 0 Å². The Morgan fingerprint density at radius 2 is 1.76 bits per heavy atom. The van der Waals surface area contributed by atoms with Crippen molar-refractivity contribution >= 4 is 34.6 Å². The highest BCUT2D eigenvalue weighted by Gasteiger charge is 2.65. The molecule has 0 amide bonds. The molecule has 0 aliphatic carbocycles. The third kappa shape index (κ3) is 5.53. The summed E-state index contributed by atoms with van der Waals surface area (Å²) in [4.78, 5) is 47.3. The summed E-state index contributed by atoms with van der Waals surface area (Å²) in [6.07, 6.45) is -2.39. The molecule has 16 nitrogen and oxygen atoms in total. The Labute approximate surface area is 182 Å². The van der Waals surface area contributed by atoms with Crippen LogP contribution >= 0.6 is 23.5 Å². The van der Waals surface area contributed by atoms with E-state index in [4.69, 9.17) is 19.4 Å². The fraction of sp³-hybridized carbons (Fsp3) is 0.583. The number of alkyl halides is 2. The summed E-state index contributed by atoms with van der Waals surface area (Å²) in [5, 5.41) is 10.2. The van der Waals surface area contributed by atoms with Crippen LogP contribution in [0.1, 0.15) is 18.8 Å². The number of hydrogen-bond donors (Lipinski definition) is 5. The van der Waals surface area contributed by atoms with Crippen molar-refractivity contribution in [1.82, 2.24) is 19.5 Å². The van der Waals surface area contributed by atoms with Crippen molar-refractivity contribution in [2.45, 2.75) is 37.7 Å². The number of aryl methyl sites for hydroxylation is 1. The summed E-state index contributed by atoms with van der Waals surface area (Å²) in [6.45, 7) is 0.603. The van der Waals surface area contributed by atoms with Gasteiger partial charge in [0, 0.05) is 0 Å². The maximum absolute atomic E-state index is 15.3. The molecule has 0 spiro atoms. The maximum Gasteiger partial charge on any atom is 0.490 e. The molecular formula is C12H17F2N4O12P3. The number of hydrogen-bond acceptors (Lipinski definition) is 11. The molecule has 21 heteroatoms. The van der Waals surface area contributed by atoms with Crippen LogP contribution in [-0.4, -0.2) is 68.4 Å². The van der Waals surface area contributed by atoms with Crippen molar-refractivity contribution in [3.63, 3.8) is 0 Å². The first kappa shape index (κ1) is 26.3. The zero-order chi connectivity index (χ0) is 25.0. The fourth-order valence-electron chi connectivity index (χ4n) is 2.98. The predicted octanol–water partition coefficient (Wildman–Crippen LogP) is 0.762. The summed E-state index contributed by atoms with van der Waals surface area (Å²) in [5.74, 6) is -3.52. The number of nitrogens with zero attached hydrogens (tertiary/aromatic N) is 4. The van der Waals surface area contributed by atoms with Crippen molar-refractivity contribution < 1.29 is 65.0 Å². The summed E-state index contributed by atoms with van der Waals surface area (Å²) in [5.41, 5.74) is -2.26. The van der Waals surface area contributed by atoms with Crippen LogP contribution in [0.2, 0.25) is 0 Å². The lowest BCUT2D eigenvalue weighted by atomic mass is 9.97. The number of phosphoric acid groups is 3. The van der Waals surface area contributed by atoms with Gasteiger partial charge in [0.25, 0.3) is 5.85 Å². The molecule has 6 atom stereocenters. The second-order valence-corrected chi connectivity index (χ2v) is 11.4. The zero-order valence-corrected chi connectivity index (χ0v) is 19.2. The second kappa shape index (κ2) is 8.45. The van der Waals surface area contributed by atoms with E-state index in [0.717, 1.165) is 24.1 Å². The number of rotatable bonds is 8. The molecule has 2 unspecified atom stereocenters. The first-order valence-electron chi connectivity index (χ1n) is 8.53. The number of ether oxygens (including phenoxy) is 1. The van der Waals surface area contributed by atoms with Crippen LogP contribution in [0.4, 0.5) is 8.78 Å². The Hall–Kier alpha value is -1.26. The molecule has 3 rings (SSSR count). The lowest BCUT2D eigenvalue weighted by molar-refractivity contribution is -0.203. The molecule has 0 aromatic carbocycles. The smallest absolute Gasteiger partial charge is 0.384 e. The highest BCUT2D eigenvalue weighted by atomic mass is 31.3. The highest BCUT2D eigenvalue weighted by Crippen LogP contribution is 2.66. The molecule has 1 saturated heterocycles. The molecule has 2 aromatic heterocycles. The molecular weight excluding hydrogens is 523 g/mol. The third-order valence-corrected chi connectivity index (χ3v) is 8.15. The standard InChI is InChI=1S/C12H17F2N4O12P3/c1-6-7-8(16-4-15-6)18(5-17-7)10-11(2,13)9(19)12(14,28-10)3-27-32(23,24)30-33(25,26)29-31(20,21)22/h4-5,9-10,19H,3H2,1-2H3,(H,23,24)(H,25,26)(H2,20,21,22)/t9-,10+,11+,12+/m0/s1. The molecule has 1 aliphatic heterocycles. The van der Waals surface area contributed by atoms with Gasteiger partial charge in [-0.05, 0) is 13.8 Å². The molecule has 1 aliphatic rings. The van der Waals surface area contributed by atoms with Crippen LogP contribution in [0.25, 0.3) is 11.2 Å². The van der Waals surface area contributed by atoms with Crippen molar-refractivity contribution in [3.8, 4) is 0 Å². The number of phosphoric ester groups is 1. The minimum absolute atomic E-state index is 0.0145. The van der Waals surface area contributed by atoms with Gasteiger partial charge in [-0.25, -0.2) is 37.4 Å². The zero-order valence-electron chi connectivity index (χ0n) is 16.5. The highest BCUT2D eigenvalue weighted by molar-refractivity contribution is 7.66. The second-order valence-electron chi connectivity index (χ2n) is 6.96. The van der Waals surface area contributed by atoms with Crippen molar-refractivity contribution in [3.05, 3.63) is 18.3 Å². The lowest BCUT2D eigenvalue weighted by Gasteiger charge is -2.25. The summed E-state index contributed by atoms with van der Waals surface area (Å²) >= 11 is 0. The quantitative estimate of drug-likeness (QED) is 0.291. The van der Waals surface area contributed by atoms with Crippen LogP contribution in [0.15, 0.2) is 12.7 Å². The Kier molecular flexibility index (Phi) is 6.74. The van der Waals surface area contributed by atoms with Gasteiger partial charge in [-0.3, -0.25) is 9.09 Å². The molecule has 186 valence electrons. The molecule has 0 saturated carbocycles. The molecule has 0 radical (unpaired) electrons. The van der Waals surface area contributed by atoms with E-state index < -0.39 is 53.9 Å².